The van der Waals surface area contributed by atoms with Crippen molar-refractivity contribution in [2.45, 2.75) is 25.9 Å². The van der Waals surface area contributed by atoms with Crippen LogP contribution in [0.2, 0.25) is 0 Å². The van der Waals surface area contributed by atoms with E-state index < -0.39 is 0 Å². The number of anilines is 1. The summed E-state index contributed by atoms with van der Waals surface area (Å²) >= 11 is 0. The number of methoxy groups -OCH3 is 1. The van der Waals surface area contributed by atoms with Gasteiger partial charge >= 0.3 is 0 Å². The highest BCUT2D eigenvalue weighted by Gasteiger charge is 2.25. The van der Waals surface area contributed by atoms with Gasteiger partial charge in [0.1, 0.15) is 5.75 Å². The summed E-state index contributed by atoms with van der Waals surface area (Å²) < 4.78 is 7.38. The van der Waals surface area contributed by atoms with E-state index in [0.29, 0.717) is 12.6 Å². The van der Waals surface area contributed by atoms with E-state index in [9.17, 15) is 0 Å². The summed E-state index contributed by atoms with van der Waals surface area (Å²) in [6.07, 6.45) is 4.78. The largest absolute Gasteiger partial charge is 0.495 e. The molecule has 7 nitrogen and oxygen atoms in total. The van der Waals surface area contributed by atoms with Gasteiger partial charge in [-0.15, -0.1) is 0 Å². The van der Waals surface area contributed by atoms with Crippen LogP contribution >= 0.6 is 0 Å². The summed E-state index contributed by atoms with van der Waals surface area (Å²) in [5.74, 6) is 1.77. The lowest BCUT2D eigenvalue weighted by atomic mass is 10.2. The molecule has 7 heteroatoms. The minimum atomic E-state index is 0.338. The van der Waals surface area contributed by atoms with Gasteiger partial charge in [0.05, 0.1) is 25.0 Å². The van der Waals surface area contributed by atoms with Crippen LogP contribution in [0, 0.1) is 0 Å². The molecule has 0 bridgehead atoms. The fourth-order valence-corrected chi connectivity index (χ4v) is 3.85. The van der Waals surface area contributed by atoms with Gasteiger partial charge in [0.2, 0.25) is 0 Å². The average molecular weight is 419 g/mol. The molecular formula is C24H30N6O. The van der Waals surface area contributed by atoms with E-state index in [1.807, 2.05) is 29.1 Å². The predicted molar refractivity (Wildman–Crippen MR) is 125 cm³/mol. The molecule has 1 aliphatic heterocycles. The number of aromatic nitrogens is 2. The van der Waals surface area contributed by atoms with Gasteiger partial charge in [-0.25, -0.2) is 9.67 Å². The number of hydrogen-bond acceptors (Lipinski definition) is 4. The Bertz CT molecular complexity index is 984. The fourth-order valence-electron chi connectivity index (χ4n) is 3.85. The Balaban J connectivity index is 1.37. The van der Waals surface area contributed by atoms with Crippen LogP contribution < -0.4 is 20.3 Å². The summed E-state index contributed by atoms with van der Waals surface area (Å²) in [6, 6.07) is 18.8. The normalized spacial score (nSPS) is 16.4. The van der Waals surface area contributed by atoms with E-state index >= 15 is 0 Å². The predicted octanol–water partition coefficient (Wildman–Crippen LogP) is 3.21. The molecule has 1 atom stereocenters. The number of aliphatic imine (C=N–C) groups is 1. The van der Waals surface area contributed by atoms with Crippen molar-refractivity contribution in [1.82, 2.24) is 20.4 Å². The molecule has 1 aromatic heterocycles. The smallest absolute Gasteiger partial charge is 0.191 e. The summed E-state index contributed by atoms with van der Waals surface area (Å²) in [6.45, 7) is 5.45. The van der Waals surface area contributed by atoms with Crippen LogP contribution in [0.4, 0.5) is 5.69 Å². The average Bonchev–Trinajstić information content (AvgIpc) is 3.50. The number of ether oxygens (including phenoxy) is 1. The maximum absolute atomic E-state index is 5.53. The van der Waals surface area contributed by atoms with Gasteiger partial charge in [0.15, 0.2) is 5.96 Å². The first kappa shape index (κ1) is 20.8. The molecule has 162 valence electrons. The standard InChI is InChI=1S/C24H30N6O/c1-3-25-24(26-17-19-9-11-21(12-10-19)30-15-6-14-27-30)28-20-13-16-29(18-20)22-7-4-5-8-23(22)31-2/h4-12,14-15,20H,3,13,16-18H2,1-2H3,(H2,25,26,28). The van der Waals surface area contributed by atoms with E-state index in [1.165, 1.54) is 0 Å². The minimum Gasteiger partial charge on any atom is -0.495 e. The van der Waals surface area contributed by atoms with Gasteiger partial charge in [-0.3, -0.25) is 0 Å². The van der Waals surface area contributed by atoms with E-state index in [1.54, 1.807) is 13.3 Å². The summed E-state index contributed by atoms with van der Waals surface area (Å²) in [4.78, 5) is 7.17. The molecular weight excluding hydrogens is 388 g/mol. The van der Waals surface area contributed by atoms with Crippen LogP contribution in [0.3, 0.4) is 0 Å². The van der Waals surface area contributed by atoms with Crippen molar-refractivity contribution >= 4 is 11.6 Å². The minimum absolute atomic E-state index is 0.338. The first-order chi connectivity index (χ1) is 15.3. The third-order valence-corrected chi connectivity index (χ3v) is 5.42. The SMILES string of the molecule is CCNC(=NCc1ccc(-n2cccn2)cc1)NC1CCN(c2ccccc2OC)C1. The quantitative estimate of drug-likeness (QED) is 0.456. The summed E-state index contributed by atoms with van der Waals surface area (Å²) in [7, 11) is 1.72. The molecule has 1 aliphatic rings. The second-order valence-corrected chi connectivity index (χ2v) is 7.56. The van der Waals surface area contributed by atoms with Gasteiger partial charge in [-0.05, 0) is 49.2 Å². The first-order valence-corrected chi connectivity index (χ1v) is 10.8. The second-order valence-electron chi connectivity index (χ2n) is 7.56. The van der Waals surface area contributed by atoms with Gasteiger partial charge in [-0.1, -0.05) is 24.3 Å². The zero-order valence-electron chi connectivity index (χ0n) is 18.2. The Morgan fingerprint density at radius 1 is 1.16 bits per heavy atom. The second kappa shape index (κ2) is 10.0. The van der Waals surface area contributed by atoms with Crippen molar-refractivity contribution in [2.24, 2.45) is 4.99 Å². The monoisotopic (exact) mass is 418 g/mol. The molecule has 0 aliphatic carbocycles. The topological polar surface area (TPSA) is 66.7 Å². The molecule has 2 aromatic carbocycles. The summed E-state index contributed by atoms with van der Waals surface area (Å²) in [5.41, 5.74) is 3.36. The highest BCUT2D eigenvalue weighted by Crippen LogP contribution is 2.30. The van der Waals surface area contributed by atoms with Crippen LogP contribution in [0.1, 0.15) is 18.9 Å². The number of rotatable bonds is 7. The van der Waals surface area contributed by atoms with Crippen LogP contribution in [0.5, 0.6) is 5.75 Å². The van der Waals surface area contributed by atoms with Crippen molar-refractivity contribution in [3.8, 4) is 11.4 Å². The Morgan fingerprint density at radius 2 is 2.00 bits per heavy atom. The van der Waals surface area contributed by atoms with E-state index in [4.69, 9.17) is 9.73 Å². The number of hydrogen-bond donors (Lipinski definition) is 2. The molecule has 3 aromatic rings. The maximum Gasteiger partial charge on any atom is 0.191 e. The zero-order chi connectivity index (χ0) is 21.5. The number of para-hydroxylation sites is 2. The highest BCUT2D eigenvalue weighted by molar-refractivity contribution is 5.80. The Hall–Kier alpha value is -3.48. The fraction of sp³-hybridized carbons (Fsp3) is 0.333. The van der Waals surface area contributed by atoms with E-state index in [-0.39, 0.29) is 0 Å². The molecule has 0 spiro atoms. The molecule has 1 unspecified atom stereocenters. The van der Waals surface area contributed by atoms with Gasteiger partial charge in [0, 0.05) is 38.1 Å². The Labute approximate surface area is 183 Å². The lowest BCUT2D eigenvalue weighted by Crippen LogP contribution is -2.44. The summed E-state index contributed by atoms with van der Waals surface area (Å²) in [5, 5.41) is 11.2. The van der Waals surface area contributed by atoms with Gasteiger partial charge in [0.25, 0.3) is 0 Å². The molecule has 0 saturated carbocycles. The number of nitrogens with zero attached hydrogens (tertiary/aromatic N) is 4. The number of nitrogens with one attached hydrogen (secondary N) is 2. The van der Waals surface area contributed by atoms with Crippen LogP contribution in [-0.2, 0) is 6.54 Å². The molecule has 31 heavy (non-hydrogen) atoms. The highest BCUT2D eigenvalue weighted by atomic mass is 16.5. The molecule has 1 fully saturated rings. The van der Waals surface area contributed by atoms with Crippen molar-refractivity contribution in [1.29, 1.82) is 0 Å². The first-order valence-electron chi connectivity index (χ1n) is 10.8. The van der Waals surface area contributed by atoms with E-state index in [0.717, 1.165) is 54.7 Å². The molecule has 0 amide bonds. The molecule has 1 saturated heterocycles. The molecule has 2 N–H and O–H groups in total. The number of benzene rings is 2. The Kier molecular flexibility index (Phi) is 6.72. The van der Waals surface area contributed by atoms with Gasteiger partial charge in [-0.2, -0.15) is 5.10 Å². The van der Waals surface area contributed by atoms with Crippen LogP contribution in [0.15, 0.2) is 72.0 Å². The lowest BCUT2D eigenvalue weighted by Gasteiger charge is -2.22. The number of guanidine groups is 1. The molecule has 2 heterocycles. The van der Waals surface area contributed by atoms with E-state index in [2.05, 4.69) is 64.0 Å². The molecule has 0 radical (unpaired) electrons. The van der Waals surface area contributed by atoms with Crippen molar-refractivity contribution in [3.63, 3.8) is 0 Å². The lowest BCUT2D eigenvalue weighted by molar-refractivity contribution is 0.415. The van der Waals surface area contributed by atoms with Gasteiger partial charge < -0.3 is 20.3 Å². The van der Waals surface area contributed by atoms with Crippen molar-refractivity contribution in [3.05, 3.63) is 72.6 Å². The van der Waals surface area contributed by atoms with Crippen molar-refractivity contribution < 1.29 is 4.74 Å². The third-order valence-electron chi connectivity index (χ3n) is 5.42. The third kappa shape index (κ3) is 5.17. The van der Waals surface area contributed by atoms with Crippen molar-refractivity contribution in [2.75, 3.05) is 31.6 Å². The molecule has 4 rings (SSSR count). The maximum atomic E-state index is 5.53. The van der Waals surface area contributed by atoms with Crippen LogP contribution in [-0.4, -0.2) is 48.5 Å². The zero-order valence-corrected chi connectivity index (χ0v) is 18.2. The van der Waals surface area contributed by atoms with Crippen LogP contribution in [0.25, 0.3) is 5.69 Å². The Morgan fingerprint density at radius 3 is 2.74 bits per heavy atom.